The van der Waals surface area contributed by atoms with Crippen molar-refractivity contribution in [3.63, 3.8) is 0 Å². The maximum Gasteiger partial charge on any atom is 0.136 e. The van der Waals surface area contributed by atoms with Crippen molar-refractivity contribution in [2.45, 2.75) is 59.3 Å². The predicted molar refractivity (Wildman–Crippen MR) is 80.1 cm³/mol. The van der Waals surface area contributed by atoms with E-state index in [-0.39, 0.29) is 0 Å². The Morgan fingerprint density at radius 3 is 2.63 bits per heavy atom. The molecular formula is C17H31NO. The number of carbonyl (C=O) groups excluding carboxylic acids is 1. The molecule has 0 aromatic carbocycles. The fourth-order valence-electron chi connectivity index (χ4n) is 3.86. The van der Waals surface area contributed by atoms with Crippen molar-refractivity contribution >= 4 is 5.78 Å². The summed E-state index contributed by atoms with van der Waals surface area (Å²) >= 11 is 0. The van der Waals surface area contributed by atoms with Gasteiger partial charge >= 0.3 is 0 Å². The minimum Gasteiger partial charge on any atom is -0.316 e. The lowest BCUT2D eigenvalue weighted by molar-refractivity contribution is -0.125. The summed E-state index contributed by atoms with van der Waals surface area (Å²) in [5, 5.41) is 3.47. The first-order valence-electron chi connectivity index (χ1n) is 8.31. The molecule has 0 aromatic heterocycles. The van der Waals surface area contributed by atoms with Crippen LogP contribution in [-0.2, 0) is 4.79 Å². The summed E-state index contributed by atoms with van der Waals surface area (Å²) in [7, 11) is 0. The van der Waals surface area contributed by atoms with Crippen molar-refractivity contribution in [3.8, 4) is 0 Å². The van der Waals surface area contributed by atoms with Gasteiger partial charge < -0.3 is 5.32 Å². The minimum atomic E-state index is 0.366. The van der Waals surface area contributed by atoms with E-state index < -0.39 is 0 Å². The number of ketones is 1. The molecule has 0 spiro atoms. The van der Waals surface area contributed by atoms with Crippen LogP contribution >= 0.6 is 0 Å². The molecule has 110 valence electrons. The monoisotopic (exact) mass is 265 g/mol. The first-order valence-corrected chi connectivity index (χ1v) is 8.31. The SMILES string of the molecule is CC1CCC(C(=O)CC(C)C2CCCNC2)CC1C. The maximum atomic E-state index is 12.5. The lowest BCUT2D eigenvalue weighted by Crippen LogP contribution is -2.35. The molecule has 0 bridgehead atoms. The molecule has 1 aliphatic carbocycles. The number of Topliss-reactive ketones (excluding diaryl/α,β-unsaturated/α-hetero) is 1. The van der Waals surface area contributed by atoms with Crippen LogP contribution in [0, 0.1) is 29.6 Å². The van der Waals surface area contributed by atoms with E-state index in [0.717, 1.165) is 50.1 Å². The van der Waals surface area contributed by atoms with Crippen LogP contribution in [0.15, 0.2) is 0 Å². The Kier molecular flexibility index (Phi) is 5.44. The molecule has 0 radical (unpaired) electrons. The molecular weight excluding hydrogens is 234 g/mol. The molecule has 2 heteroatoms. The molecule has 2 aliphatic rings. The van der Waals surface area contributed by atoms with E-state index in [2.05, 4.69) is 26.1 Å². The van der Waals surface area contributed by atoms with Gasteiger partial charge in [-0.15, -0.1) is 0 Å². The lowest BCUT2D eigenvalue weighted by Gasteiger charge is -2.33. The highest BCUT2D eigenvalue weighted by Gasteiger charge is 2.31. The van der Waals surface area contributed by atoms with Gasteiger partial charge in [-0.05, 0) is 68.9 Å². The van der Waals surface area contributed by atoms with Gasteiger partial charge in [-0.25, -0.2) is 0 Å². The van der Waals surface area contributed by atoms with Crippen molar-refractivity contribution in [1.29, 1.82) is 0 Å². The van der Waals surface area contributed by atoms with Crippen LogP contribution in [0.3, 0.4) is 0 Å². The first kappa shape index (κ1) is 15.0. The molecule has 19 heavy (non-hydrogen) atoms. The molecule has 2 nitrogen and oxygen atoms in total. The zero-order valence-corrected chi connectivity index (χ0v) is 13.0. The third-order valence-electron chi connectivity index (χ3n) is 5.72. The molecule has 1 saturated carbocycles. The Labute approximate surface area is 118 Å². The van der Waals surface area contributed by atoms with Gasteiger partial charge in [0, 0.05) is 12.3 Å². The van der Waals surface area contributed by atoms with Crippen LogP contribution < -0.4 is 5.32 Å². The van der Waals surface area contributed by atoms with Crippen LogP contribution in [0.25, 0.3) is 0 Å². The molecule has 1 saturated heterocycles. The number of nitrogens with one attached hydrogen (secondary N) is 1. The molecule has 0 amide bonds. The van der Waals surface area contributed by atoms with E-state index in [1.165, 1.54) is 19.3 Å². The highest BCUT2D eigenvalue weighted by atomic mass is 16.1. The van der Waals surface area contributed by atoms with Crippen LogP contribution in [0.5, 0.6) is 0 Å². The van der Waals surface area contributed by atoms with Gasteiger partial charge in [0.2, 0.25) is 0 Å². The highest BCUT2D eigenvalue weighted by Crippen LogP contribution is 2.35. The van der Waals surface area contributed by atoms with Crippen LogP contribution in [0.4, 0.5) is 0 Å². The first-order chi connectivity index (χ1) is 9.08. The van der Waals surface area contributed by atoms with Crippen LogP contribution in [-0.4, -0.2) is 18.9 Å². The Balaban J connectivity index is 1.79. The molecule has 1 heterocycles. The fourth-order valence-corrected chi connectivity index (χ4v) is 3.86. The van der Waals surface area contributed by atoms with E-state index in [4.69, 9.17) is 0 Å². The normalized spacial score (nSPS) is 37.8. The summed E-state index contributed by atoms with van der Waals surface area (Å²) in [6.45, 7) is 9.21. The lowest BCUT2D eigenvalue weighted by atomic mass is 9.72. The van der Waals surface area contributed by atoms with Crippen molar-refractivity contribution in [2.75, 3.05) is 13.1 Å². The molecule has 2 rings (SSSR count). The van der Waals surface area contributed by atoms with Gasteiger partial charge in [0.25, 0.3) is 0 Å². The summed E-state index contributed by atoms with van der Waals surface area (Å²) in [4.78, 5) is 12.5. The number of carbonyl (C=O) groups is 1. The second-order valence-corrected chi connectivity index (χ2v) is 7.22. The highest BCUT2D eigenvalue weighted by molar-refractivity contribution is 5.81. The zero-order valence-electron chi connectivity index (χ0n) is 13.0. The largest absolute Gasteiger partial charge is 0.316 e. The summed E-state index contributed by atoms with van der Waals surface area (Å²) in [6, 6.07) is 0. The molecule has 2 fully saturated rings. The second kappa shape index (κ2) is 6.88. The smallest absolute Gasteiger partial charge is 0.136 e. The van der Waals surface area contributed by atoms with Crippen LogP contribution in [0.1, 0.15) is 59.3 Å². The standard InChI is InChI=1S/C17H31NO/c1-12-6-7-15(9-13(12)2)17(19)10-14(3)16-5-4-8-18-11-16/h12-16,18H,4-11H2,1-3H3. The van der Waals surface area contributed by atoms with Gasteiger partial charge in [-0.2, -0.15) is 0 Å². The summed E-state index contributed by atoms with van der Waals surface area (Å²) in [6.07, 6.45) is 6.92. The quantitative estimate of drug-likeness (QED) is 0.840. The topological polar surface area (TPSA) is 29.1 Å². The molecule has 1 N–H and O–H groups in total. The van der Waals surface area contributed by atoms with E-state index >= 15 is 0 Å². The Hall–Kier alpha value is -0.370. The van der Waals surface area contributed by atoms with E-state index in [1.807, 2.05) is 0 Å². The van der Waals surface area contributed by atoms with Gasteiger partial charge in [-0.1, -0.05) is 20.8 Å². The molecule has 0 aromatic rings. The van der Waals surface area contributed by atoms with Crippen LogP contribution in [0.2, 0.25) is 0 Å². The summed E-state index contributed by atoms with van der Waals surface area (Å²) in [5.74, 6) is 3.74. The Bertz CT molecular complexity index is 296. The summed E-state index contributed by atoms with van der Waals surface area (Å²) in [5.41, 5.74) is 0. The Morgan fingerprint density at radius 1 is 1.21 bits per heavy atom. The van der Waals surface area contributed by atoms with Gasteiger partial charge in [0.05, 0.1) is 0 Å². The average Bonchev–Trinajstić information content (AvgIpc) is 2.42. The average molecular weight is 265 g/mol. The molecule has 5 unspecified atom stereocenters. The molecule has 1 aliphatic heterocycles. The van der Waals surface area contributed by atoms with Gasteiger partial charge in [0.1, 0.15) is 5.78 Å². The van der Waals surface area contributed by atoms with E-state index in [0.29, 0.717) is 17.6 Å². The minimum absolute atomic E-state index is 0.366. The van der Waals surface area contributed by atoms with Crippen molar-refractivity contribution < 1.29 is 4.79 Å². The third-order valence-corrected chi connectivity index (χ3v) is 5.72. The van der Waals surface area contributed by atoms with E-state index in [9.17, 15) is 4.79 Å². The van der Waals surface area contributed by atoms with Gasteiger partial charge in [-0.3, -0.25) is 4.79 Å². The van der Waals surface area contributed by atoms with Crippen molar-refractivity contribution in [2.24, 2.45) is 29.6 Å². The third kappa shape index (κ3) is 4.05. The number of hydrogen-bond donors (Lipinski definition) is 1. The fraction of sp³-hybridized carbons (Fsp3) is 0.941. The summed E-state index contributed by atoms with van der Waals surface area (Å²) < 4.78 is 0. The predicted octanol–water partition coefficient (Wildman–Crippen LogP) is 3.65. The molecule has 5 atom stereocenters. The maximum absolute atomic E-state index is 12.5. The van der Waals surface area contributed by atoms with Crippen molar-refractivity contribution in [3.05, 3.63) is 0 Å². The number of piperidine rings is 1. The second-order valence-electron chi connectivity index (χ2n) is 7.22. The Morgan fingerprint density at radius 2 is 2.00 bits per heavy atom. The number of rotatable bonds is 4. The van der Waals surface area contributed by atoms with Crippen molar-refractivity contribution in [1.82, 2.24) is 5.32 Å². The van der Waals surface area contributed by atoms with E-state index in [1.54, 1.807) is 0 Å². The number of hydrogen-bond acceptors (Lipinski definition) is 2. The van der Waals surface area contributed by atoms with Gasteiger partial charge in [0.15, 0.2) is 0 Å². The zero-order chi connectivity index (χ0) is 13.8.